The van der Waals surface area contributed by atoms with Crippen LogP contribution in [0.2, 0.25) is 0 Å². The van der Waals surface area contributed by atoms with E-state index in [1.165, 1.54) is 25.9 Å². The van der Waals surface area contributed by atoms with Crippen molar-refractivity contribution in [3.63, 3.8) is 0 Å². The van der Waals surface area contributed by atoms with Crippen molar-refractivity contribution in [2.75, 3.05) is 19.7 Å². The molecular formula is C13H18N4O5. The molecule has 1 aliphatic heterocycles. The van der Waals surface area contributed by atoms with Crippen molar-refractivity contribution >= 4 is 11.8 Å². The summed E-state index contributed by atoms with van der Waals surface area (Å²) in [6.07, 6.45) is 0. The maximum absolute atomic E-state index is 12.6. The van der Waals surface area contributed by atoms with Crippen LogP contribution in [0.3, 0.4) is 0 Å². The van der Waals surface area contributed by atoms with Crippen LogP contribution in [0.15, 0.2) is 15.7 Å². The van der Waals surface area contributed by atoms with Crippen LogP contribution >= 0.6 is 0 Å². The van der Waals surface area contributed by atoms with Crippen molar-refractivity contribution in [2.45, 2.75) is 12.5 Å². The molecule has 0 spiro atoms. The molecule has 0 unspecified atom stereocenters. The third-order valence-corrected chi connectivity index (χ3v) is 3.83. The molecule has 1 aromatic rings. The molecule has 2 heterocycles. The second-order valence-corrected chi connectivity index (χ2v) is 5.44. The van der Waals surface area contributed by atoms with Gasteiger partial charge in [-0.1, -0.05) is 0 Å². The first-order valence-corrected chi connectivity index (χ1v) is 6.67. The number of hydrogen-bond acceptors (Lipinski definition) is 5. The Hall–Kier alpha value is -2.42. The van der Waals surface area contributed by atoms with Crippen molar-refractivity contribution in [1.82, 2.24) is 14.0 Å². The number of nitrogens with zero attached hydrogens (tertiary/aromatic N) is 3. The summed E-state index contributed by atoms with van der Waals surface area (Å²) in [6, 6.07) is 1.10. The third-order valence-electron chi connectivity index (χ3n) is 3.83. The minimum Gasteiger partial charge on any atom is -0.367 e. The highest BCUT2D eigenvalue weighted by Crippen LogP contribution is 2.18. The number of aromatic nitrogens is 2. The van der Waals surface area contributed by atoms with Gasteiger partial charge in [0.2, 0.25) is 0 Å². The Morgan fingerprint density at radius 2 is 1.91 bits per heavy atom. The molecular weight excluding hydrogens is 292 g/mol. The molecule has 1 fully saturated rings. The average Bonchev–Trinajstić information content (AvgIpc) is 2.48. The van der Waals surface area contributed by atoms with E-state index in [1.54, 1.807) is 0 Å². The van der Waals surface area contributed by atoms with Gasteiger partial charge in [-0.3, -0.25) is 23.5 Å². The van der Waals surface area contributed by atoms with E-state index in [0.717, 1.165) is 15.2 Å². The van der Waals surface area contributed by atoms with E-state index in [0.29, 0.717) is 0 Å². The van der Waals surface area contributed by atoms with E-state index in [2.05, 4.69) is 0 Å². The number of carbonyl (C=O) groups is 2. The van der Waals surface area contributed by atoms with Crippen LogP contribution in [0.1, 0.15) is 17.4 Å². The first-order chi connectivity index (χ1) is 10.2. The summed E-state index contributed by atoms with van der Waals surface area (Å²) < 4.78 is 7.34. The number of rotatable bonds is 2. The van der Waals surface area contributed by atoms with Gasteiger partial charge in [0.05, 0.1) is 13.2 Å². The molecule has 2 rings (SSSR count). The molecule has 22 heavy (non-hydrogen) atoms. The van der Waals surface area contributed by atoms with E-state index < -0.39 is 28.7 Å². The maximum atomic E-state index is 12.6. The van der Waals surface area contributed by atoms with Crippen LogP contribution in [0.5, 0.6) is 0 Å². The fourth-order valence-electron chi connectivity index (χ4n) is 2.29. The summed E-state index contributed by atoms with van der Waals surface area (Å²) >= 11 is 0. The van der Waals surface area contributed by atoms with Gasteiger partial charge in [0.15, 0.2) is 5.60 Å². The molecule has 0 radical (unpaired) electrons. The normalized spacial score (nSPS) is 21.7. The Labute approximate surface area is 125 Å². The minimum atomic E-state index is -1.29. The second-order valence-electron chi connectivity index (χ2n) is 5.44. The molecule has 9 heteroatoms. The summed E-state index contributed by atoms with van der Waals surface area (Å²) in [5.74, 6) is -1.20. The lowest BCUT2D eigenvalue weighted by Gasteiger charge is -2.38. The Morgan fingerprint density at radius 3 is 2.50 bits per heavy atom. The molecule has 0 bridgehead atoms. The highest BCUT2D eigenvalue weighted by atomic mass is 16.5. The summed E-state index contributed by atoms with van der Waals surface area (Å²) in [4.78, 5) is 49.0. The summed E-state index contributed by atoms with van der Waals surface area (Å²) in [7, 11) is 2.74. The first kappa shape index (κ1) is 16.0. The average molecular weight is 310 g/mol. The fourth-order valence-corrected chi connectivity index (χ4v) is 2.29. The van der Waals surface area contributed by atoms with Crippen LogP contribution in [-0.4, -0.2) is 51.1 Å². The van der Waals surface area contributed by atoms with Gasteiger partial charge in [-0.05, 0) is 6.92 Å². The quantitative estimate of drug-likeness (QED) is 0.665. The van der Waals surface area contributed by atoms with Gasteiger partial charge in [-0.15, -0.1) is 0 Å². The monoisotopic (exact) mass is 310 g/mol. The second kappa shape index (κ2) is 5.41. The number of nitrogens with two attached hydrogens (primary N) is 1. The van der Waals surface area contributed by atoms with Crippen molar-refractivity contribution in [3.8, 4) is 0 Å². The number of ether oxygens (including phenoxy) is 1. The molecule has 0 aromatic carbocycles. The largest absolute Gasteiger partial charge is 0.367 e. The molecule has 9 nitrogen and oxygen atoms in total. The summed E-state index contributed by atoms with van der Waals surface area (Å²) in [6.45, 7) is 1.84. The van der Waals surface area contributed by atoms with E-state index in [1.807, 2.05) is 0 Å². The maximum Gasteiger partial charge on any atom is 0.331 e. The van der Waals surface area contributed by atoms with E-state index in [4.69, 9.17) is 10.5 Å². The number of hydrogen-bond donors (Lipinski definition) is 1. The number of carbonyl (C=O) groups excluding carboxylic acids is 2. The Kier molecular flexibility index (Phi) is 3.92. The minimum absolute atomic E-state index is 0.0371. The molecule has 1 aromatic heterocycles. The van der Waals surface area contributed by atoms with E-state index in [9.17, 15) is 19.2 Å². The van der Waals surface area contributed by atoms with Crippen LogP contribution in [-0.2, 0) is 23.6 Å². The van der Waals surface area contributed by atoms with Crippen LogP contribution in [0.25, 0.3) is 0 Å². The zero-order chi connectivity index (χ0) is 16.7. The van der Waals surface area contributed by atoms with Crippen LogP contribution < -0.4 is 17.0 Å². The number of morpholine rings is 1. The highest BCUT2D eigenvalue weighted by Gasteiger charge is 2.39. The van der Waals surface area contributed by atoms with Crippen LogP contribution in [0.4, 0.5) is 0 Å². The molecule has 1 atom stereocenters. The Morgan fingerprint density at radius 1 is 1.27 bits per heavy atom. The SMILES string of the molecule is Cn1c(C(=O)N2CCO[C@@](C)(C(N)=O)C2)cc(=O)n(C)c1=O. The van der Waals surface area contributed by atoms with Gasteiger partial charge >= 0.3 is 5.69 Å². The topological polar surface area (TPSA) is 117 Å². The predicted octanol–water partition coefficient (Wildman–Crippen LogP) is -2.20. The number of primary amides is 1. The molecule has 1 aliphatic rings. The Balaban J connectivity index is 2.39. The highest BCUT2D eigenvalue weighted by molar-refractivity contribution is 5.93. The van der Waals surface area contributed by atoms with Crippen LogP contribution in [0, 0.1) is 0 Å². The lowest BCUT2D eigenvalue weighted by atomic mass is 10.0. The Bertz CT molecular complexity index is 750. The molecule has 0 aliphatic carbocycles. The van der Waals surface area contributed by atoms with Gasteiger partial charge in [0, 0.05) is 26.7 Å². The zero-order valence-electron chi connectivity index (χ0n) is 12.7. The first-order valence-electron chi connectivity index (χ1n) is 6.67. The van der Waals surface area contributed by atoms with Gasteiger partial charge in [0.25, 0.3) is 17.4 Å². The lowest BCUT2D eigenvalue weighted by Crippen LogP contribution is -2.58. The van der Waals surface area contributed by atoms with Crippen molar-refractivity contribution in [3.05, 3.63) is 32.6 Å². The van der Waals surface area contributed by atoms with Gasteiger partial charge in [0.1, 0.15) is 5.69 Å². The van der Waals surface area contributed by atoms with E-state index in [-0.39, 0.29) is 25.4 Å². The van der Waals surface area contributed by atoms with Crippen molar-refractivity contribution in [1.29, 1.82) is 0 Å². The standard InChI is InChI=1S/C13H18N4O5/c1-13(11(14)20)7-17(4-5-22-13)10(19)8-6-9(18)16(3)12(21)15(8)2/h6H,4-5,7H2,1-3H3,(H2,14,20)/t13-/m1/s1. The smallest absolute Gasteiger partial charge is 0.331 e. The molecule has 0 saturated carbocycles. The number of amides is 2. The molecule has 2 N–H and O–H groups in total. The summed E-state index contributed by atoms with van der Waals surface area (Å²) in [5, 5.41) is 0. The fraction of sp³-hybridized carbons (Fsp3) is 0.538. The van der Waals surface area contributed by atoms with Gasteiger partial charge in [-0.2, -0.15) is 0 Å². The molecule has 1 saturated heterocycles. The van der Waals surface area contributed by atoms with Crippen molar-refractivity contribution in [2.24, 2.45) is 19.8 Å². The lowest BCUT2D eigenvalue weighted by molar-refractivity contribution is -0.150. The predicted molar refractivity (Wildman–Crippen MR) is 76.4 cm³/mol. The van der Waals surface area contributed by atoms with Gasteiger partial charge < -0.3 is 15.4 Å². The van der Waals surface area contributed by atoms with Gasteiger partial charge in [-0.25, -0.2) is 4.79 Å². The molecule has 120 valence electrons. The van der Waals surface area contributed by atoms with E-state index >= 15 is 0 Å². The van der Waals surface area contributed by atoms with Crippen molar-refractivity contribution < 1.29 is 14.3 Å². The molecule has 2 amide bonds. The summed E-state index contributed by atoms with van der Waals surface area (Å²) in [5.41, 5.74) is 2.80. The zero-order valence-corrected chi connectivity index (χ0v) is 12.7. The third kappa shape index (κ3) is 2.54.